The van der Waals surface area contributed by atoms with Crippen molar-refractivity contribution in [3.05, 3.63) is 71.2 Å². The number of carbonyl (C=O) groups excluding carboxylic acids is 1. The van der Waals surface area contributed by atoms with Crippen LogP contribution in [0.15, 0.2) is 48.7 Å². The maximum Gasteiger partial charge on any atom is 0.255 e. The second kappa shape index (κ2) is 5.92. The summed E-state index contributed by atoms with van der Waals surface area (Å²) in [6.07, 6.45) is 2.45. The number of fused-ring (bicyclic) bond motifs is 1. The second-order valence-corrected chi connectivity index (χ2v) is 6.06. The number of aromatic amines is 1. The third-order valence-corrected chi connectivity index (χ3v) is 4.43. The van der Waals surface area contributed by atoms with Crippen LogP contribution >= 0.6 is 0 Å². The number of hydrogen-bond acceptors (Lipinski definition) is 3. The van der Waals surface area contributed by atoms with E-state index in [9.17, 15) is 4.79 Å². The monoisotopic (exact) mass is 318 g/mol. The number of nitrogens with one attached hydrogen (secondary N) is 1. The van der Waals surface area contributed by atoms with E-state index in [1.54, 1.807) is 6.20 Å². The maximum absolute atomic E-state index is 12.7. The Labute approximate surface area is 140 Å². The van der Waals surface area contributed by atoms with Crippen molar-refractivity contribution in [1.82, 2.24) is 20.1 Å². The highest BCUT2D eigenvalue weighted by Gasteiger charge is 2.26. The van der Waals surface area contributed by atoms with E-state index in [4.69, 9.17) is 0 Å². The Bertz CT molecular complexity index is 868. The number of H-pyrrole nitrogens is 1. The van der Waals surface area contributed by atoms with Gasteiger partial charge in [-0.2, -0.15) is 5.10 Å². The molecule has 5 nitrogen and oxygen atoms in total. The molecule has 0 radical (unpaired) electrons. The van der Waals surface area contributed by atoms with Gasteiger partial charge in [0.25, 0.3) is 5.91 Å². The van der Waals surface area contributed by atoms with Crippen molar-refractivity contribution >= 4 is 5.91 Å². The molecule has 3 aromatic rings. The van der Waals surface area contributed by atoms with Gasteiger partial charge in [-0.15, -0.1) is 0 Å². The van der Waals surface area contributed by atoms with E-state index < -0.39 is 0 Å². The fourth-order valence-corrected chi connectivity index (χ4v) is 3.08. The van der Waals surface area contributed by atoms with E-state index in [0.29, 0.717) is 18.7 Å². The van der Waals surface area contributed by atoms with Crippen LogP contribution in [-0.2, 0) is 13.0 Å². The van der Waals surface area contributed by atoms with E-state index in [0.717, 1.165) is 34.6 Å². The van der Waals surface area contributed by atoms with Crippen molar-refractivity contribution in [3.8, 4) is 11.3 Å². The van der Waals surface area contributed by atoms with Crippen molar-refractivity contribution in [2.24, 2.45) is 0 Å². The molecule has 2 aromatic heterocycles. The SMILES string of the molecule is Cc1ccc(C(=O)N2CCc3[nH]nc(-c4ccccc4)c3C2)cn1. The third-order valence-electron chi connectivity index (χ3n) is 4.43. The molecule has 0 spiro atoms. The summed E-state index contributed by atoms with van der Waals surface area (Å²) in [7, 11) is 0. The normalized spacial score (nSPS) is 13.6. The summed E-state index contributed by atoms with van der Waals surface area (Å²) in [5, 5.41) is 7.60. The smallest absolute Gasteiger partial charge is 0.255 e. The molecule has 3 heterocycles. The number of nitrogens with zero attached hydrogens (tertiary/aromatic N) is 3. The quantitative estimate of drug-likeness (QED) is 0.790. The molecule has 24 heavy (non-hydrogen) atoms. The number of carbonyl (C=O) groups is 1. The molecule has 0 atom stereocenters. The van der Waals surface area contributed by atoms with Crippen molar-refractivity contribution in [3.63, 3.8) is 0 Å². The van der Waals surface area contributed by atoms with Crippen molar-refractivity contribution in [2.75, 3.05) is 6.54 Å². The molecule has 1 aliphatic rings. The number of benzene rings is 1. The average molecular weight is 318 g/mol. The van der Waals surface area contributed by atoms with Gasteiger partial charge in [0, 0.05) is 48.2 Å². The van der Waals surface area contributed by atoms with Crippen LogP contribution in [-0.4, -0.2) is 32.5 Å². The lowest BCUT2D eigenvalue weighted by Gasteiger charge is -2.27. The standard InChI is InChI=1S/C19H18N4O/c1-13-7-8-15(11-20-13)19(24)23-10-9-17-16(12-23)18(22-21-17)14-5-3-2-4-6-14/h2-8,11H,9-10,12H2,1H3,(H,21,22). The topological polar surface area (TPSA) is 61.9 Å². The summed E-state index contributed by atoms with van der Waals surface area (Å²) in [5.74, 6) is 0.0216. The first-order valence-electron chi connectivity index (χ1n) is 8.06. The molecule has 0 saturated heterocycles. The van der Waals surface area contributed by atoms with Gasteiger partial charge in [-0.1, -0.05) is 30.3 Å². The second-order valence-electron chi connectivity index (χ2n) is 6.06. The largest absolute Gasteiger partial charge is 0.334 e. The molecule has 1 aromatic carbocycles. The summed E-state index contributed by atoms with van der Waals surface area (Å²) in [6, 6.07) is 13.8. The molecule has 4 rings (SSSR count). The lowest BCUT2D eigenvalue weighted by molar-refractivity contribution is 0.0734. The van der Waals surface area contributed by atoms with Gasteiger partial charge in [0.1, 0.15) is 0 Å². The van der Waals surface area contributed by atoms with Gasteiger partial charge < -0.3 is 4.90 Å². The zero-order valence-corrected chi connectivity index (χ0v) is 13.5. The highest BCUT2D eigenvalue weighted by molar-refractivity contribution is 5.94. The molecule has 1 N–H and O–H groups in total. The maximum atomic E-state index is 12.7. The van der Waals surface area contributed by atoms with Crippen molar-refractivity contribution in [1.29, 1.82) is 0 Å². The summed E-state index contributed by atoms with van der Waals surface area (Å²) >= 11 is 0. The zero-order chi connectivity index (χ0) is 16.5. The van der Waals surface area contributed by atoms with Gasteiger partial charge in [0.05, 0.1) is 11.3 Å². The molecule has 0 saturated carbocycles. The van der Waals surface area contributed by atoms with Crippen LogP contribution in [0.3, 0.4) is 0 Å². The minimum atomic E-state index is 0.0216. The summed E-state index contributed by atoms with van der Waals surface area (Å²) in [4.78, 5) is 18.8. The number of pyridine rings is 1. The van der Waals surface area contributed by atoms with Gasteiger partial charge in [-0.25, -0.2) is 0 Å². The number of aromatic nitrogens is 3. The highest BCUT2D eigenvalue weighted by Crippen LogP contribution is 2.28. The molecule has 0 aliphatic carbocycles. The minimum Gasteiger partial charge on any atom is -0.334 e. The molecule has 1 amide bonds. The molecule has 1 aliphatic heterocycles. The van der Waals surface area contributed by atoms with Gasteiger partial charge in [0.15, 0.2) is 0 Å². The first kappa shape index (κ1) is 14.6. The van der Waals surface area contributed by atoms with Gasteiger partial charge >= 0.3 is 0 Å². The number of amides is 1. The Hall–Kier alpha value is -2.95. The Morgan fingerprint density at radius 1 is 1.17 bits per heavy atom. The van der Waals surface area contributed by atoms with Crippen molar-refractivity contribution in [2.45, 2.75) is 19.9 Å². The van der Waals surface area contributed by atoms with Crippen LogP contribution in [0.1, 0.15) is 27.3 Å². The summed E-state index contributed by atoms with van der Waals surface area (Å²) < 4.78 is 0. The molecule has 0 unspecified atom stereocenters. The number of hydrogen-bond donors (Lipinski definition) is 1. The first-order valence-corrected chi connectivity index (χ1v) is 8.06. The van der Waals surface area contributed by atoms with Gasteiger partial charge in [0.2, 0.25) is 0 Å². The Morgan fingerprint density at radius 3 is 2.75 bits per heavy atom. The summed E-state index contributed by atoms with van der Waals surface area (Å²) in [5.41, 5.74) is 5.79. The predicted octanol–water partition coefficient (Wildman–Crippen LogP) is 2.98. The minimum absolute atomic E-state index is 0.0216. The van der Waals surface area contributed by atoms with Crippen LogP contribution in [0.4, 0.5) is 0 Å². The Kier molecular flexibility index (Phi) is 3.61. The highest BCUT2D eigenvalue weighted by atomic mass is 16.2. The van der Waals surface area contributed by atoms with Crippen LogP contribution in [0, 0.1) is 6.92 Å². The van der Waals surface area contributed by atoms with Gasteiger partial charge in [-0.05, 0) is 19.1 Å². The molecule has 5 heteroatoms. The van der Waals surface area contributed by atoms with E-state index >= 15 is 0 Å². The lowest BCUT2D eigenvalue weighted by Crippen LogP contribution is -2.36. The Balaban J connectivity index is 1.62. The van der Waals surface area contributed by atoms with Crippen LogP contribution in [0.25, 0.3) is 11.3 Å². The molecular formula is C19H18N4O. The molecule has 0 fully saturated rings. The first-order chi connectivity index (χ1) is 11.7. The van der Waals surface area contributed by atoms with Crippen molar-refractivity contribution < 1.29 is 4.79 Å². The predicted molar refractivity (Wildman–Crippen MR) is 91.4 cm³/mol. The van der Waals surface area contributed by atoms with Crippen LogP contribution in [0.5, 0.6) is 0 Å². The number of rotatable bonds is 2. The van der Waals surface area contributed by atoms with Crippen LogP contribution in [0.2, 0.25) is 0 Å². The van der Waals surface area contributed by atoms with Crippen LogP contribution < -0.4 is 0 Å². The van der Waals surface area contributed by atoms with E-state index in [-0.39, 0.29) is 5.91 Å². The van der Waals surface area contributed by atoms with E-state index in [1.807, 2.05) is 54.3 Å². The summed E-state index contributed by atoms with van der Waals surface area (Å²) in [6.45, 7) is 3.18. The average Bonchev–Trinajstić information content (AvgIpc) is 3.05. The lowest BCUT2D eigenvalue weighted by atomic mass is 10.0. The van der Waals surface area contributed by atoms with E-state index in [1.165, 1.54) is 0 Å². The molecule has 0 bridgehead atoms. The number of aryl methyl sites for hydroxylation is 1. The van der Waals surface area contributed by atoms with E-state index in [2.05, 4.69) is 15.2 Å². The van der Waals surface area contributed by atoms with Gasteiger partial charge in [-0.3, -0.25) is 14.9 Å². The third kappa shape index (κ3) is 2.58. The fourth-order valence-electron chi connectivity index (χ4n) is 3.08. The molecular weight excluding hydrogens is 300 g/mol. The zero-order valence-electron chi connectivity index (χ0n) is 13.5. The molecule has 120 valence electrons. The fraction of sp³-hybridized carbons (Fsp3) is 0.211. The Morgan fingerprint density at radius 2 is 2.00 bits per heavy atom.